The predicted molar refractivity (Wildman–Crippen MR) is 62.0 cm³/mol. The van der Waals surface area contributed by atoms with Crippen molar-refractivity contribution in [2.75, 3.05) is 12.4 Å². The number of sulfonamides is 1. The molecule has 0 aliphatic rings. The van der Waals surface area contributed by atoms with Gasteiger partial charge in [0, 0.05) is 7.05 Å². The van der Waals surface area contributed by atoms with E-state index < -0.39 is 10.0 Å². The van der Waals surface area contributed by atoms with Crippen LogP contribution in [0.1, 0.15) is 5.82 Å². The normalized spacial score (nSPS) is 11.4. The first-order chi connectivity index (χ1) is 8.62. The molecule has 0 radical (unpaired) electrons. The monoisotopic (exact) mass is 269 g/mol. The Morgan fingerprint density at radius 2 is 2.00 bits per heavy atom. The average molecular weight is 269 g/mol. The zero-order valence-electron chi connectivity index (χ0n) is 9.45. The van der Waals surface area contributed by atoms with Crippen molar-refractivity contribution < 1.29 is 8.42 Å². The van der Waals surface area contributed by atoms with Gasteiger partial charge in [0.1, 0.15) is 17.0 Å². The molecular weight excluding hydrogens is 258 g/mol. The summed E-state index contributed by atoms with van der Waals surface area (Å²) in [5, 5.41) is 8.86. The number of nitrogens with one attached hydrogen (secondary N) is 3. The van der Waals surface area contributed by atoms with Gasteiger partial charge in [-0.15, -0.1) is 0 Å². The Bertz CT molecular complexity index is 593. The van der Waals surface area contributed by atoms with Crippen molar-refractivity contribution >= 4 is 16.0 Å². The Labute approximate surface area is 103 Å². The molecule has 0 atom stereocenters. The SMILES string of the molecule is CNc1ncc(S(=O)(=O)NCc2ncn[nH]2)cn1. The van der Waals surface area contributed by atoms with Crippen molar-refractivity contribution in [2.45, 2.75) is 11.4 Å². The third-order valence-corrected chi connectivity index (χ3v) is 3.41. The molecule has 96 valence electrons. The van der Waals surface area contributed by atoms with Crippen molar-refractivity contribution in [1.82, 2.24) is 29.9 Å². The summed E-state index contributed by atoms with van der Waals surface area (Å²) in [5.74, 6) is 0.774. The van der Waals surface area contributed by atoms with Gasteiger partial charge in [-0.25, -0.2) is 28.1 Å². The minimum absolute atomic E-state index is 0.0129. The molecule has 0 bridgehead atoms. The van der Waals surface area contributed by atoms with E-state index in [-0.39, 0.29) is 11.4 Å². The number of aromatic amines is 1. The summed E-state index contributed by atoms with van der Waals surface area (Å²) in [4.78, 5) is 11.5. The zero-order chi connectivity index (χ0) is 13.0. The quantitative estimate of drug-likeness (QED) is 0.643. The molecule has 2 heterocycles. The van der Waals surface area contributed by atoms with E-state index in [0.29, 0.717) is 11.8 Å². The molecule has 0 aromatic carbocycles. The number of nitrogens with zero attached hydrogens (tertiary/aromatic N) is 4. The van der Waals surface area contributed by atoms with Gasteiger partial charge in [0.25, 0.3) is 0 Å². The molecule has 0 aliphatic carbocycles. The van der Waals surface area contributed by atoms with E-state index >= 15 is 0 Å². The van der Waals surface area contributed by atoms with Crippen LogP contribution >= 0.6 is 0 Å². The summed E-state index contributed by atoms with van der Waals surface area (Å²) in [7, 11) is -2.01. The molecule has 0 amide bonds. The second-order valence-corrected chi connectivity index (χ2v) is 5.02. The number of aromatic nitrogens is 5. The number of hydrogen-bond donors (Lipinski definition) is 3. The molecule has 2 aromatic rings. The van der Waals surface area contributed by atoms with Crippen LogP contribution < -0.4 is 10.0 Å². The largest absolute Gasteiger partial charge is 0.357 e. The van der Waals surface area contributed by atoms with Crippen LogP contribution in [0.2, 0.25) is 0 Å². The van der Waals surface area contributed by atoms with E-state index in [1.54, 1.807) is 7.05 Å². The molecule has 0 saturated carbocycles. The molecule has 2 aromatic heterocycles. The van der Waals surface area contributed by atoms with Gasteiger partial charge in [0.15, 0.2) is 0 Å². The van der Waals surface area contributed by atoms with Crippen molar-refractivity contribution in [3.63, 3.8) is 0 Å². The van der Waals surface area contributed by atoms with E-state index in [1.807, 2.05) is 0 Å². The fourth-order valence-corrected chi connectivity index (χ4v) is 2.02. The second-order valence-electron chi connectivity index (χ2n) is 3.25. The maximum Gasteiger partial charge on any atom is 0.244 e. The van der Waals surface area contributed by atoms with Gasteiger partial charge < -0.3 is 5.32 Å². The van der Waals surface area contributed by atoms with E-state index in [4.69, 9.17) is 0 Å². The smallest absolute Gasteiger partial charge is 0.244 e. The van der Waals surface area contributed by atoms with E-state index in [1.165, 1.54) is 18.7 Å². The van der Waals surface area contributed by atoms with Crippen molar-refractivity contribution in [1.29, 1.82) is 0 Å². The lowest BCUT2D eigenvalue weighted by Crippen LogP contribution is -2.24. The highest BCUT2D eigenvalue weighted by molar-refractivity contribution is 7.89. The molecular formula is C8H11N7O2S. The minimum atomic E-state index is -3.65. The van der Waals surface area contributed by atoms with Gasteiger partial charge in [0.2, 0.25) is 16.0 Å². The summed E-state index contributed by atoms with van der Waals surface area (Å²) >= 11 is 0. The van der Waals surface area contributed by atoms with Crippen LogP contribution in [0.15, 0.2) is 23.6 Å². The number of H-pyrrole nitrogens is 1. The van der Waals surface area contributed by atoms with Crippen LogP contribution in [0.4, 0.5) is 5.95 Å². The number of hydrogen-bond acceptors (Lipinski definition) is 7. The molecule has 0 unspecified atom stereocenters. The van der Waals surface area contributed by atoms with Gasteiger partial charge >= 0.3 is 0 Å². The Hall–Kier alpha value is -2.07. The highest BCUT2D eigenvalue weighted by atomic mass is 32.2. The van der Waals surface area contributed by atoms with E-state index in [0.717, 1.165) is 0 Å². The third-order valence-electron chi connectivity index (χ3n) is 2.06. The number of anilines is 1. The van der Waals surface area contributed by atoms with Gasteiger partial charge in [0.05, 0.1) is 18.9 Å². The summed E-state index contributed by atoms with van der Waals surface area (Å²) in [6.45, 7) is 0.0239. The van der Waals surface area contributed by atoms with Crippen LogP contribution in [-0.2, 0) is 16.6 Å². The summed E-state index contributed by atoms with van der Waals surface area (Å²) < 4.78 is 26.1. The molecule has 18 heavy (non-hydrogen) atoms. The molecule has 2 rings (SSSR count). The van der Waals surface area contributed by atoms with Crippen molar-refractivity contribution in [3.8, 4) is 0 Å². The van der Waals surface area contributed by atoms with Gasteiger partial charge in [-0.05, 0) is 0 Å². The maximum atomic E-state index is 11.9. The zero-order valence-corrected chi connectivity index (χ0v) is 10.3. The molecule has 0 aliphatic heterocycles. The Balaban J connectivity index is 2.09. The Morgan fingerprint density at radius 3 is 2.56 bits per heavy atom. The molecule has 0 fully saturated rings. The lowest BCUT2D eigenvalue weighted by Gasteiger charge is -2.04. The topological polar surface area (TPSA) is 126 Å². The summed E-state index contributed by atoms with van der Waals surface area (Å²) in [6.07, 6.45) is 3.75. The minimum Gasteiger partial charge on any atom is -0.357 e. The molecule has 10 heteroatoms. The van der Waals surface area contributed by atoms with Crippen LogP contribution in [0.3, 0.4) is 0 Å². The van der Waals surface area contributed by atoms with Crippen molar-refractivity contribution in [2.24, 2.45) is 0 Å². The van der Waals surface area contributed by atoms with Crippen LogP contribution in [0.5, 0.6) is 0 Å². The highest BCUT2D eigenvalue weighted by Gasteiger charge is 2.15. The van der Waals surface area contributed by atoms with Gasteiger partial charge in [-0.2, -0.15) is 5.10 Å². The number of rotatable bonds is 5. The van der Waals surface area contributed by atoms with Gasteiger partial charge in [-0.1, -0.05) is 0 Å². The van der Waals surface area contributed by atoms with Gasteiger partial charge in [-0.3, -0.25) is 5.10 Å². The Morgan fingerprint density at radius 1 is 1.28 bits per heavy atom. The fraction of sp³-hybridized carbons (Fsp3) is 0.250. The molecule has 3 N–H and O–H groups in total. The van der Waals surface area contributed by atoms with E-state index in [9.17, 15) is 8.42 Å². The standard InChI is InChI=1S/C8H11N7O2S/c1-9-8-10-2-6(3-11-8)18(16,17)14-4-7-12-5-13-15-7/h2-3,5,14H,4H2,1H3,(H,9,10,11)(H,12,13,15). The molecule has 9 nitrogen and oxygen atoms in total. The maximum absolute atomic E-state index is 11.9. The Kier molecular flexibility index (Phi) is 3.48. The van der Waals surface area contributed by atoms with Crippen LogP contribution in [0, 0.1) is 0 Å². The molecule has 0 saturated heterocycles. The highest BCUT2D eigenvalue weighted by Crippen LogP contribution is 2.07. The first kappa shape index (κ1) is 12.4. The van der Waals surface area contributed by atoms with E-state index in [2.05, 4.69) is 35.2 Å². The van der Waals surface area contributed by atoms with Crippen molar-refractivity contribution in [3.05, 3.63) is 24.5 Å². The summed E-state index contributed by atoms with van der Waals surface area (Å²) in [6, 6.07) is 0. The summed E-state index contributed by atoms with van der Waals surface area (Å²) in [5.41, 5.74) is 0. The van der Waals surface area contributed by atoms with Crippen LogP contribution in [0.25, 0.3) is 0 Å². The molecule has 0 spiro atoms. The first-order valence-electron chi connectivity index (χ1n) is 4.95. The predicted octanol–water partition coefficient (Wildman–Crippen LogP) is -0.885. The van der Waals surface area contributed by atoms with Crippen LogP contribution in [-0.4, -0.2) is 40.6 Å². The average Bonchev–Trinajstić information content (AvgIpc) is 2.90. The lowest BCUT2D eigenvalue weighted by atomic mass is 10.6. The third kappa shape index (κ3) is 2.78. The lowest BCUT2D eigenvalue weighted by molar-refractivity contribution is 0.578. The fourth-order valence-electron chi connectivity index (χ4n) is 1.15. The second kappa shape index (κ2) is 5.06. The first-order valence-corrected chi connectivity index (χ1v) is 6.44.